The molecule has 1 unspecified atom stereocenters. The molecular formula is C16H24N2O2. The minimum Gasteiger partial charge on any atom is -0.495 e. The molecular weight excluding hydrogens is 252 g/mol. The summed E-state index contributed by atoms with van der Waals surface area (Å²) in [6.07, 6.45) is 4.86. The van der Waals surface area contributed by atoms with Crippen LogP contribution in [0.5, 0.6) is 5.75 Å². The van der Waals surface area contributed by atoms with Crippen LogP contribution in [-0.2, 0) is 0 Å². The Morgan fingerprint density at radius 3 is 2.75 bits per heavy atom. The zero-order valence-corrected chi connectivity index (χ0v) is 12.5. The highest BCUT2D eigenvalue weighted by Crippen LogP contribution is 2.38. The number of benzene rings is 1. The van der Waals surface area contributed by atoms with E-state index >= 15 is 0 Å². The summed E-state index contributed by atoms with van der Waals surface area (Å²) < 4.78 is 5.38. The fourth-order valence-corrected chi connectivity index (χ4v) is 2.92. The van der Waals surface area contributed by atoms with Crippen LogP contribution >= 0.6 is 0 Å². The molecule has 2 rings (SSSR count). The second-order valence-corrected chi connectivity index (χ2v) is 6.21. The van der Waals surface area contributed by atoms with Crippen LogP contribution in [0.25, 0.3) is 0 Å². The molecule has 3 N–H and O–H groups in total. The number of nitrogens with one attached hydrogen (secondary N) is 1. The van der Waals surface area contributed by atoms with Gasteiger partial charge in [-0.15, -0.1) is 0 Å². The molecule has 0 radical (unpaired) electrons. The Balaban J connectivity index is 2.26. The molecule has 1 aliphatic rings. The van der Waals surface area contributed by atoms with Gasteiger partial charge in [0.1, 0.15) is 5.75 Å². The van der Waals surface area contributed by atoms with Gasteiger partial charge < -0.3 is 15.8 Å². The lowest BCUT2D eigenvalue weighted by molar-refractivity contribution is 0.100. The van der Waals surface area contributed by atoms with E-state index in [2.05, 4.69) is 19.2 Å². The van der Waals surface area contributed by atoms with E-state index in [9.17, 15) is 4.79 Å². The van der Waals surface area contributed by atoms with Crippen molar-refractivity contribution in [2.24, 2.45) is 11.1 Å². The van der Waals surface area contributed by atoms with Gasteiger partial charge in [0.05, 0.1) is 12.8 Å². The van der Waals surface area contributed by atoms with Gasteiger partial charge >= 0.3 is 0 Å². The van der Waals surface area contributed by atoms with E-state index < -0.39 is 5.91 Å². The van der Waals surface area contributed by atoms with Crippen LogP contribution in [0.4, 0.5) is 5.69 Å². The number of carbonyl (C=O) groups excluding carboxylic acids is 1. The predicted molar refractivity (Wildman–Crippen MR) is 81.2 cm³/mol. The van der Waals surface area contributed by atoms with E-state index in [0.717, 1.165) is 17.9 Å². The number of methoxy groups -OCH3 is 1. The third-order valence-electron chi connectivity index (χ3n) is 4.32. The molecule has 0 heterocycles. The van der Waals surface area contributed by atoms with Crippen LogP contribution in [-0.4, -0.2) is 19.1 Å². The highest BCUT2D eigenvalue weighted by atomic mass is 16.5. The smallest absolute Gasteiger partial charge is 0.248 e. The minimum absolute atomic E-state index is 0.242. The van der Waals surface area contributed by atoms with E-state index in [0.29, 0.717) is 11.6 Å². The van der Waals surface area contributed by atoms with Gasteiger partial charge in [0.25, 0.3) is 0 Å². The Hall–Kier alpha value is -1.71. The molecule has 0 bridgehead atoms. The van der Waals surface area contributed by atoms with Gasteiger partial charge in [0.15, 0.2) is 0 Å². The first kappa shape index (κ1) is 14.7. The van der Waals surface area contributed by atoms with Crippen molar-refractivity contribution in [2.75, 3.05) is 12.4 Å². The highest BCUT2D eigenvalue weighted by molar-refractivity contribution is 5.94. The number of amides is 1. The first-order valence-corrected chi connectivity index (χ1v) is 7.18. The molecule has 1 aliphatic carbocycles. The van der Waals surface area contributed by atoms with E-state index in [1.807, 2.05) is 0 Å². The fourth-order valence-electron chi connectivity index (χ4n) is 2.92. The van der Waals surface area contributed by atoms with Gasteiger partial charge in [0.2, 0.25) is 5.91 Å². The lowest BCUT2D eigenvalue weighted by Gasteiger charge is -2.39. The lowest BCUT2D eigenvalue weighted by Crippen LogP contribution is -2.39. The quantitative estimate of drug-likeness (QED) is 0.887. The van der Waals surface area contributed by atoms with Gasteiger partial charge in [-0.25, -0.2) is 0 Å². The summed E-state index contributed by atoms with van der Waals surface area (Å²) in [5, 5.41) is 3.55. The topological polar surface area (TPSA) is 64.3 Å². The average molecular weight is 276 g/mol. The van der Waals surface area contributed by atoms with E-state index in [-0.39, 0.29) is 5.41 Å². The van der Waals surface area contributed by atoms with Crippen LogP contribution in [0.3, 0.4) is 0 Å². The Bertz CT molecular complexity index is 497. The van der Waals surface area contributed by atoms with Gasteiger partial charge in [-0.2, -0.15) is 0 Å². The van der Waals surface area contributed by atoms with Crippen molar-refractivity contribution in [3.8, 4) is 5.75 Å². The van der Waals surface area contributed by atoms with Gasteiger partial charge in [-0.05, 0) is 36.5 Å². The summed E-state index contributed by atoms with van der Waals surface area (Å²) in [4.78, 5) is 11.3. The summed E-state index contributed by atoms with van der Waals surface area (Å²) in [6, 6.07) is 5.65. The largest absolute Gasteiger partial charge is 0.495 e. The molecule has 1 saturated carbocycles. The summed E-state index contributed by atoms with van der Waals surface area (Å²) in [5.41, 5.74) is 6.95. The summed E-state index contributed by atoms with van der Waals surface area (Å²) >= 11 is 0. The van der Waals surface area contributed by atoms with Crippen molar-refractivity contribution < 1.29 is 9.53 Å². The molecule has 4 nitrogen and oxygen atoms in total. The second-order valence-electron chi connectivity index (χ2n) is 6.21. The maximum absolute atomic E-state index is 11.3. The Morgan fingerprint density at radius 1 is 1.40 bits per heavy atom. The van der Waals surface area contributed by atoms with E-state index in [4.69, 9.17) is 10.5 Å². The Labute approximate surface area is 120 Å². The predicted octanol–water partition coefficient (Wildman–Crippen LogP) is 3.17. The molecule has 0 aliphatic heterocycles. The van der Waals surface area contributed by atoms with Gasteiger partial charge in [-0.1, -0.05) is 26.7 Å². The number of hydrogen-bond acceptors (Lipinski definition) is 3. The number of primary amides is 1. The minimum atomic E-state index is -0.418. The molecule has 1 aromatic carbocycles. The van der Waals surface area contributed by atoms with E-state index in [1.165, 1.54) is 19.3 Å². The van der Waals surface area contributed by atoms with Crippen molar-refractivity contribution in [1.82, 2.24) is 0 Å². The summed E-state index contributed by atoms with van der Waals surface area (Å²) in [5.74, 6) is 0.329. The first-order valence-electron chi connectivity index (χ1n) is 7.18. The lowest BCUT2D eigenvalue weighted by atomic mass is 9.73. The zero-order chi connectivity index (χ0) is 14.8. The van der Waals surface area contributed by atoms with Crippen LogP contribution in [0.2, 0.25) is 0 Å². The molecule has 1 fully saturated rings. The van der Waals surface area contributed by atoms with Crippen molar-refractivity contribution >= 4 is 11.6 Å². The maximum Gasteiger partial charge on any atom is 0.248 e. The van der Waals surface area contributed by atoms with Crippen molar-refractivity contribution in [1.29, 1.82) is 0 Å². The SMILES string of the molecule is COc1ccc(C(N)=O)cc1NC1CCCCC1(C)C. The fraction of sp³-hybridized carbons (Fsp3) is 0.562. The van der Waals surface area contributed by atoms with Gasteiger partial charge in [-0.3, -0.25) is 4.79 Å². The summed E-state index contributed by atoms with van der Waals surface area (Å²) in [6.45, 7) is 4.57. The molecule has 4 heteroatoms. The maximum atomic E-state index is 11.3. The van der Waals surface area contributed by atoms with Crippen molar-refractivity contribution in [3.63, 3.8) is 0 Å². The number of rotatable bonds is 4. The molecule has 1 atom stereocenters. The second kappa shape index (κ2) is 5.73. The third-order valence-corrected chi connectivity index (χ3v) is 4.32. The molecule has 1 aromatic rings. The van der Waals surface area contributed by atoms with Crippen LogP contribution in [0.15, 0.2) is 18.2 Å². The normalized spacial score (nSPS) is 21.2. The molecule has 1 amide bonds. The molecule has 0 spiro atoms. The molecule has 0 saturated heterocycles. The van der Waals surface area contributed by atoms with E-state index in [1.54, 1.807) is 25.3 Å². The number of carbonyl (C=O) groups is 1. The number of nitrogens with two attached hydrogens (primary N) is 1. The number of anilines is 1. The van der Waals surface area contributed by atoms with Crippen LogP contribution < -0.4 is 15.8 Å². The number of hydrogen-bond donors (Lipinski definition) is 2. The Kier molecular flexibility index (Phi) is 4.21. The Morgan fingerprint density at radius 2 is 2.15 bits per heavy atom. The molecule has 20 heavy (non-hydrogen) atoms. The first-order chi connectivity index (χ1) is 9.44. The molecule has 110 valence electrons. The van der Waals surface area contributed by atoms with Crippen molar-refractivity contribution in [3.05, 3.63) is 23.8 Å². The van der Waals surface area contributed by atoms with Crippen LogP contribution in [0, 0.1) is 5.41 Å². The summed E-state index contributed by atoms with van der Waals surface area (Å²) in [7, 11) is 1.64. The average Bonchev–Trinajstić information content (AvgIpc) is 2.41. The van der Waals surface area contributed by atoms with Crippen molar-refractivity contribution in [2.45, 2.75) is 45.6 Å². The monoisotopic (exact) mass is 276 g/mol. The number of ether oxygens (including phenoxy) is 1. The highest BCUT2D eigenvalue weighted by Gasteiger charge is 2.32. The van der Waals surface area contributed by atoms with Gasteiger partial charge in [0, 0.05) is 11.6 Å². The molecule has 0 aromatic heterocycles. The third kappa shape index (κ3) is 3.06. The zero-order valence-electron chi connectivity index (χ0n) is 12.5. The van der Waals surface area contributed by atoms with Crippen LogP contribution in [0.1, 0.15) is 49.9 Å². The standard InChI is InChI=1S/C16H24N2O2/c1-16(2)9-5-4-6-14(16)18-12-10-11(15(17)19)7-8-13(12)20-3/h7-8,10,14,18H,4-6,9H2,1-3H3,(H2,17,19).